The lowest BCUT2D eigenvalue weighted by atomic mass is 9.52. The van der Waals surface area contributed by atoms with Crippen LogP contribution in [0.1, 0.15) is 70.6 Å². The maximum Gasteiger partial charge on any atom is 0.401 e. The zero-order valence-corrected chi connectivity index (χ0v) is 22.2. The number of hydrogen-bond donors (Lipinski definition) is 1. The number of ether oxygens (including phenoxy) is 2. The van der Waals surface area contributed by atoms with Crippen LogP contribution in [0.15, 0.2) is 36.4 Å². The van der Waals surface area contributed by atoms with E-state index in [0.29, 0.717) is 10.8 Å². The van der Waals surface area contributed by atoms with Crippen molar-refractivity contribution >= 4 is 10.8 Å². The molecule has 3 nitrogen and oxygen atoms in total. The van der Waals surface area contributed by atoms with Crippen LogP contribution in [0.5, 0.6) is 17.2 Å². The van der Waals surface area contributed by atoms with Crippen LogP contribution in [0.3, 0.4) is 0 Å². The molecule has 0 amide bonds. The smallest absolute Gasteiger partial charge is 0.401 e. The molecule has 3 aliphatic rings. The molecule has 2 aliphatic carbocycles. The first-order chi connectivity index (χ1) is 17.1. The molecule has 1 unspecified atom stereocenters. The van der Waals surface area contributed by atoms with E-state index in [4.69, 9.17) is 9.47 Å². The number of aromatic hydroxyl groups is 1. The Kier molecular flexibility index (Phi) is 4.72. The van der Waals surface area contributed by atoms with Crippen LogP contribution >= 0.6 is 0 Å². The highest BCUT2D eigenvalue weighted by atomic mass is 19.4. The lowest BCUT2D eigenvalue weighted by Gasteiger charge is -2.51. The van der Waals surface area contributed by atoms with Gasteiger partial charge in [-0.1, -0.05) is 52.0 Å². The molecule has 196 valence electrons. The molecule has 6 heteroatoms. The molecule has 1 atom stereocenters. The molecule has 3 aromatic rings. The molecule has 0 radical (unpaired) electrons. The molecule has 1 N–H and O–H groups in total. The number of halogens is 3. The molecule has 0 bridgehead atoms. The Morgan fingerprint density at radius 2 is 1.57 bits per heavy atom. The molecule has 1 spiro atoms. The lowest BCUT2D eigenvalue weighted by molar-refractivity contribution is -0.186. The van der Waals surface area contributed by atoms with Crippen molar-refractivity contribution in [3.63, 3.8) is 0 Å². The van der Waals surface area contributed by atoms with Gasteiger partial charge in [-0.3, -0.25) is 0 Å². The van der Waals surface area contributed by atoms with Crippen molar-refractivity contribution in [2.24, 2.45) is 10.8 Å². The number of hydrogen-bond acceptors (Lipinski definition) is 3. The van der Waals surface area contributed by atoms with Gasteiger partial charge in [0, 0.05) is 21.8 Å². The average molecular weight is 511 g/mol. The second kappa shape index (κ2) is 7.15. The van der Waals surface area contributed by atoms with E-state index < -0.39 is 23.6 Å². The zero-order chi connectivity index (χ0) is 26.8. The molecule has 1 fully saturated rings. The van der Waals surface area contributed by atoms with E-state index in [1.54, 1.807) is 6.07 Å². The van der Waals surface area contributed by atoms with Gasteiger partial charge in [-0.2, -0.15) is 13.2 Å². The van der Waals surface area contributed by atoms with E-state index in [-0.39, 0.29) is 33.6 Å². The summed E-state index contributed by atoms with van der Waals surface area (Å²) >= 11 is 0. The van der Waals surface area contributed by atoms with E-state index in [2.05, 4.69) is 33.8 Å². The van der Waals surface area contributed by atoms with Crippen molar-refractivity contribution in [3.05, 3.63) is 53.1 Å². The first-order valence-corrected chi connectivity index (χ1v) is 12.9. The topological polar surface area (TPSA) is 38.7 Å². The first-order valence-electron chi connectivity index (χ1n) is 12.9. The normalized spacial score (nSPS) is 24.5. The van der Waals surface area contributed by atoms with Gasteiger partial charge >= 0.3 is 6.18 Å². The number of alkyl halides is 3. The van der Waals surface area contributed by atoms with E-state index in [1.165, 1.54) is 14.0 Å². The van der Waals surface area contributed by atoms with Crippen LogP contribution in [-0.2, 0) is 10.8 Å². The molecule has 3 aromatic carbocycles. The summed E-state index contributed by atoms with van der Waals surface area (Å²) in [4.78, 5) is 0. The summed E-state index contributed by atoms with van der Waals surface area (Å²) in [6, 6.07) is 11.5. The second-order valence-corrected chi connectivity index (χ2v) is 13.1. The minimum Gasteiger partial charge on any atom is -0.507 e. The van der Waals surface area contributed by atoms with Crippen molar-refractivity contribution in [1.82, 2.24) is 0 Å². The quantitative estimate of drug-likeness (QED) is 0.358. The fourth-order valence-corrected chi connectivity index (χ4v) is 8.28. The van der Waals surface area contributed by atoms with Gasteiger partial charge < -0.3 is 14.6 Å². The Morgan fingerprint density at radius 3 is 2.19 bits per heavy atom. The first kappa shape index (κ1) is 24.4. The molecule has 1 heterocycles. The second-order valence-electron chi connectivity index (χ2n) is 13.1. The Morgan fingerprint density at radius 1 is 0.919 bits per heavy atom. The summed E-state index contributed by atoms with van der Waals surface area (Å²) in [5, 5.41) is 12.2. The molecule has 1 saturated carbocycles. The lowest BCUT2D eigenvalue weighted by Crippen LogP contribution is -2.44. The van der Waals surface area contributed by atoms with Crippen LogP contribution in [0.25, 0.3) is 21.9 Å². The minimum absolute atomic E-state index is 0.00645. The third-order valence-corrected chi connectivity index (χ3v) is 8.97. The van der Waals surface area contributed by atoms with Gasteiger partial charge in [0.05, 0.1) is 7.11 Å². The molecule has 0 saturated heterocycles. The predicted octanol–water partition coefficient (Wildman–Crippen LogP) is 8.27. The minimum atomic E-state index is -4.56. The van der Waals surface area contributed by atoms with Crippen LogP contribution in [0.2, 0.25) is 0 Å². The summed E-state index contributed by atoms with van der Waals surface area (Å²) in [6.07, 6.45) is -1.81. The van der Waals surface area contributed by atoms with Crippen molar-refractivity contribution in [3.8, 4) is 28.4 Å². The summed E-state index contributed by atoms with van der Waals surface area (Å²) in [6.45, 7) is 9.75. The van der Waals surface area contributed by atoms with Crippen LogP contribution in [-0.4, -0.2) is 25.0 Å². The van der Waals surface area contributed by atoms with E-state index in [1.807, 2.05) is 24.3 Å². The molecular formula is C31H33F3O3. The average Bonchev–Trinajstić information content (AvgIpc) is 3.26. The number of rotatable bonds is 1. The Bertz CT molecular complexity index is 1450. The summed E-state index contributed by atoms with van der Waals surface area (Å²) in [5.41, 5.74) is 1.20. The molecule has 0 aromatic heterocycles. The number of phenolic OH excluding ortho intramolecular Hbond substituents is 1. The molecule has 37 heavy (non-hydrogen) atoms. The number of methoxy groups -OCH3 is 1. The highest BCUT2D eigenvalue weighted by Crippen LogP contribution is 2.66. The van der Waals surface area contributed by atoms with Gasteiger partial charge in [-0.05, 0) is 71.4 Å². The molecular weight excluding hydrogens is 477 g/mol. The van der Waals surface area contributed by atoms with Crippen molar-refractivity contribution in [1.29, 1.82) is 0 Å². The van der Waals surface area contributed by atoms with Gasteiger partial charge in [0.1, 0.15) is 17.8 Å². The van der Waals surface area contributed by atoms with Crippen LogP contribution in [0.4, 0.5) is 13.2 Å². The van der Waals surface area contributed by atoms with Crippen molar-refractivity contribution < 1.29 is 27.8 Å². The largest absolute Gasteiger partial charge is 0.507 e. The zero-order valence-electron chi connectivity index (χ0n) is 22.2. The fraction of sp³-hybridized carbons (Fsp3) is 0.484. The SMILES string of the molecule is COc1cc2c(O)cc3c(c2c2c1OCC2(C)C(F)(F)F)-c1ccccc1C31CC(C)(C)CC(C)(C)C1. The molecule has 6 rings (SSSR count). The highest BCUT2D eigenvalue weighted by Gasteiger charge is 2.60. The van der Waals surface area contributed by atoms with Gasteiger partial charge in [-0.25, -0.2) is 0 Å². The van der Waals surface area contributed by atoms with Crippen LogP contribution in [0, 0.1) is 10.8 Å². The summed E-state index contributed by atoms with van der Waals surface area (Å²) in [7, 11) is 1.41. The van der Waals surface area contributed by atoms with E-state index in [0.717, 1.165) is 41.5 Å². The predicted molar refractivity (Wildman–Crippen MR) is 139 cm³/mol. The Labute approximate surface area is 215 Å². The van der Waals surface area contributed by atoms with E-state index >= 15 is 0 Å². The van der Waals surface area contributed by atoms with Crippen LogP contribution < -0.4 is 9.47 Å². The monoisotopic (exact) mass is 510 g/mol. The summed E-state index contributed by atoms with van der Waals surface area (Å²) in [5.74, 6) is 0.289. The third-order valence-electron chi connectivity index (χ3n) is 8.97. The number of phenols is 1. The Balaban J connectivity index is 1.81. The maximum atomic E-state index is 14.7. The fourth-order valence-electron chi connectivity index (χ4n) is 8.28. The molecule has 1 aliphatic heterocycles. The summed E-state index contributed by atoms with van der Waals surface area (Å²) < 4.78 is 55.3. The van der Waals surface area contributed by atoms with Gasteiger partial charge in [-0.15, -0.1) is 0 Å². The standard InChI is InChI=1S/C31H33F3O3/c1-27(2)13-28(3,4)15-30(14-27)19-10-8-7-9-17(19)23-20(30)12-21(35)18-11-22(36-6)26-25(24(18)23)29(5,16-37-26)31(32,33)34/h7-12,35H,13-16H2,1-6H3. The van der Waals surface area contributed by atoms with Crippen molar-refractivity contribution in [2.45, 2.75) is 70.9 Å². The van der Waals surface area contributed by atoms with E-state index in [9.17, 15) is 18.3 Å². The van der Waals surface area contributed by atoms with Gasteiger partial charge in [0.15, 0.2) is 11.5 Å². The van der Waals surface area contributed by atoms with Gasteiger partial charge in [0.2, 0.25) is 0 Å². The van der Waals surface area contributed by atoms with Crippen molar-refractivity contribution in [2.75, 3.05) is 13.7 Å². The Hall–Kier alpha value is -2.89. The number of fused-ring (bicyclic) bond motifs is 9. The van der Waals surface area contributed by atoms with Gasteiger partial charge in [0.25, 0.3) is 0 Å². The maximum absolute atomic E-state index is 14.7. The highest BCUT2D eigenvalue weighted by molar-refractivity contribution is 6.09. The third kappa shape index (κ3) is 3.13. The number of benzene rings is 3.